The van der Waals surface area contributed by atoms with Crippen LogP contribution in [0.3, 0.4) is 0 Å². The van der Waals surface area contributed by atoms with Crippen LogP contribution in [0.25, 0.3) is 0 Å². The molecular formula is C13H14BrNO3S. The van der Waals surface area contributed by atoms with Gasteiger partial charge in [-0.3, -0.25) is 4.79 Å². The molecule has 2 atom stereocenters. The van der Waals surface area contributed by atoms with Crippen molar-refractivity contribution in [3.8, 4) is 0 Å². The predicted octanol–water partition coefficient (Wildman–Crippen LogP) is 1.98. The van der Waals surface area contributed by atoms with Gasteiger partial charge in [-0.2, -0.15) is 12.6 Å². The van der Waals surface area contributed by atoms with Gasteiger partial charge in [-0.1, -0.05) is 28.1 Å². The smallest absolute Gasteiger partial charge is 0.326 e. The van der Waals surface area contributed by atoms with Crippen molar-refractivity contribution in [2.75, 3.05) is 6.54 Å². The van der Waals surface area contributed by atoms with Gasteiger partial charge in [-0.05, 0) is 17.7 Å². The van der Waals surface area contributed by atoms with Crippen molar-refractivity contribution in [2.45, 2.75) is 24.1 Å². The molecule has 1 saturated heterocycles. The number of halogens is 1. The summed E-state index contributed by atoms with van der Waals surface area (Å²) in [6.07, 6.45) is 0.627. The highest BCUT2D eigenvalue weighted by Crippen LogP contribution is 2.21. The lowest BCUT2D eigenvalue weighted by Gasteiger charge is -2.24. The van der Waals surface area contributed by atoms with Gasteiger partial charge in [-0.15, -0.1) is 0 Å². The number of hydrogen-bond donors (Lipinski definition) is 2. The van der Waals surface area contributed by atoms with Gasteiger partial charge in [0.05, 0.1) is 0 Å². The van der Waals surface area contributed by atoms with Crippen LogP contribution >= 0.6 is 28.6 Å². The van der Waals surface area contributed by atoms with Gasteiger partial charge in [0.25, 0.3) is 0 Å². The van der Waals surface area contributed by atoms with E-state index in [1.54, 1.807) is 0 Å². The topological polar surface area (TPSA) is 57.6 Å². The maximum absolute atomic E-state index is 11.8. The van der Waals surface area contributed by atoms with Crippen LogP contribution in [0, 0.1) is 0 Å². The number of benzene rings is 1. The van der Waals surface area contributed by atoms with Crippen molar-refractivity contribution in [1.29, 1.82) is 0 Å². The SMILES string of the molecule is O=C(O)[C@H](Cc1ccc(Br)cc1)N1CC(S)CC1=O. The maximum Gasteiger partial charge on any atom is 0.326 e. The minimum atomic E-state index is -0.973. The Kier molecular flexibility index (Phi) is 4.52. The zero-order valence-corrected chi connectivity index (χ0v) is 12.6. The van der Waals surface area contributed by atoms with E-state index in [9.17, 15) is 14.7 Å². The van der Waals surface area contributed by atoms with Gasteiger partial charge in [0.15, 0.2) is 0 Å². The van der Waals surface area contributed by atoms with E-state index in [4.69, 9.17) is 0 Å². The van der Waals surface area contributed by atoms with Gasteiger partial charge in [-0.25, -0.2) is 4.79 Å². The lowest BCUT2D eigenvalue weighted by atomic mass is 10.1. The summed E-state index contributed by atoms with van der Waals surface area (Å²) < 4.78 is 0.941. The molecule has 1 fully saturated rings. The summed E-state index contributed by atoms with van der Waals surface area (Å²) in [4.78, 5) is 24.6. The van der Waals surface area contributed by atoms with Crippen LogP contribution in [0.15, 0.2) is 28.7 Å². The van der Waals surface area contributed by atoms with Crippen LogP contribution < -0.4 is 0 Å². The third-order valence-corrected chi connectivity index (χ3v) is 4.02. The molecule has 1 amide bonds. The Labute approximate surface area is 125 Å². The number of carbonyl (C=O) groups is 2. The fourth-order valence-electron chi connectivity index (χ4n) is 2.19. The molecule has 1 N–H and O–H groups in total. The van der Waals surface area contributed by atoms with E-state index in [0.717, 1.165) is 10.0 Å². The Balaban J connectivity index is 2.15. The summed E-state index contributed by atoms with van der Waals surface area (Å²) >= 11 is 7.59. The van der Waals surface area contributed by atoms with Crippen molar-refractivity contribution in [3.05, 3.63) is 34.3 Å². The highest BCUT2D eigenvalue weighted by Gasteiger charge is 2.36. The number of amides is 1. The number of thiol groups is 1. The Bertz CT molecular complexity index is 491. The Hall–Kier alpha value is -1.01. The number of hydrogen-bond acceptors (Lipinski definition) is 3. The molecule has 1 aromatic rings. The molecule has 1 heterocycles. The summed E-state index contributed by atoms with van der Waals surface area (Å²) in [5.41, 5.74) is 0.894. The van der Waals surface area contributed by atoms with Gasteiger partial charge in [0, 0.05) is 29.1 Å². The first-order valence-electron chi connectivity index (χ1n) is 5.92. The van der Waals surface area contributed by atoms with Crippen molar-refractivity contribution >= 4 is 40.4 Å². The highest BCUT2D eigenvalue weighted by molar-refractivity contribution is 9.10. The quantitative estimate of drug-likeness (QED) is 0.822. The summed E-state index contributed by atoms with van der Waals surface area (Å²) in [5, 5.41) is 9.26. The maximum atomic E-state index is 11.8. The van der Waals surface area contributed by atoms with Gasteiger partial charge < -0.3 is 10.0 Å². The summed E-state index contributed by atoms with van der Waals surface area (Å²) in [6.45, 7) is 0.398. The molecule has 0 aromatic heterocycles. The second-order valence-corrected chi connectivity index (χ2v) is 6.23. The van der Waals surface area contributed by atoms with Gasteiger partial charge >= 0.3 is 5.97 Å². The molecule has 4 nitrogen and oxygen atoms in total. The average molecular weight is 344 g/mol. The van der Waals surface area contributed by atoms with Gasteiger partial charge in [0.1, 0.15) is 6.04 Å². The van der Waals surface area contributed by atoms with Crippen LogP contribution in [-0.4, -0.2) is 39.7 Å². The minimum Gasteiger partial charge on any atom is -0.480 e. The van der Waals surface area contributed by atoms with Crippen molar-refractivity contribution in [3.63, 3.8) is 0 Å². The molecule has 0 spiro atoms. The standard InChI is InChI=1S/C13H14BrNO3S/c14-9-3-1-8(2-4-9)5-11(13(17)18)15-7-10(19)6-12(15)16/h1-4,10-11,19H,5-7H2,(H,17,18)/t10?,11-/m0/s1. The van der Waals surface area contributed by atoms with Crippen LogP contribution in [0.1, 0.15) is 12.0 Å². The molecule has 0 radical (unpaired) electrons. The first kappa shape index (κ1) is 14.4. The van der Waals surface area contributed by atoms with E-state index in [1.165, 1.54) is 4.90 Å². The van der Waals surface area contributed by atoms with E-state index in [-0.39, 0.29) is 11.2 Å². The largest absolute Gasteiger partial charge is 0.480 e. The van der Waals surface area contributed by atoms with Crippen LogP contribution in [-0.2, 0) is 16.0 Å². The fourth-order valence-corrected chi connectivity index (χ4v) is 2.78. The Morgan fingerprint density at radius 3 is 2.58 bits per heavy atom. The number of carboxylic acid groups (broad SMARTS) is 1. The summed E-state index contributed by atoms with van der Waals surface area (Å²) in [6, 6.07) is 6.63. The first-order chi connectivity index (χ1) is 8.97. The fraction of sp³-hybridized carbons (Fsp3) is 0.385. The highest BCUT2D eigenvalue weighted by atomic mass is 79.9. The number of likely N-dealkylation sites (tertiary alicyclic amines) is 1. The van der Waals surface area contributed by atoms with E-state index >= 15 is 0 Å². The van der Waals surface area contributed by atoms with E-state index < -0.39 is 12.0 Å². The van der Waals surface area contributed by atoms with Gasteiger partial charge in [0.2, 0.25) is 5.91 Å². The normalized spacial score (nSPS) is 20.6. The molecule has 102 valence electrons. The number of aliphatic carboxylic acids is 1. The summed E-state index contributed by atoms with van der Waals surface area (Å²) in [5.74, 6) is -1.11. The second kappa shape index (κ2) is 5.96. The third kappa shape index (κ3) is 3.51. The number of carboxylic acids is 1. The monoisotopic (exact) mass is 343 g/mol. The van der Waals surface area contributed by atoms with Crippen LogP contribution in [0.4, 0.5) is 0 Å². The molecule has 0 aliphatic carbocycles. The second-order valence-electron chi connectivity index (χ2n) is 4.59. The molecule has 0 bridgehead atoms. The van der Waals surface area contributed by atoms with Crippen molar-refractivity contribution in [1.82, 2.24) is 4.90 Å². The number of carbonyl (C=O) groups excluding carboxylic acids is 1. The molecular weight excluding hydrogens is 330 g/mol. The minimum absolute atomic E-state index is 0.0701. The number of nitrogens with zero attached hydrogens (tertiary/aromatic N) is 1. The molecule has 2 rings (SSSR count). The molecule has 1 aliphatic rings. The Morgan fingerprint density at radius 1 is 1.47 bits per heavy atom. The molecule has 0 saturated carbocycles. The molecule has 1 aromatic carbocycles. The molecule has 1 unspecified atom stereocenters. The lowest BCUT2D eigenvalue weighted by molar-refractivity contribution is -0.148. The predicted molar refractivity (Wildman–Crippen MR) is 78.4 cm³/mol. The Morgan fingerprint density at radius 2 is 2.11 bits per heavy atom. The average Bonchev–Trinajstić information content (AvgIpc) is 2.67. The van der Waals surface area contributed by atoms with Crippen molar-refractivity contribution in [2.24, 2.45) is 0 Å². The first-order valence-corrected chi connectivity index (χ1v) is 7.23. The zero-order chi connectivity index (χ0) is 14.0. The third-order valence-electron chi connectivity index (χ3n) is 3.14. The molecule has 19 heavy (non-hydrogen) atoms. The summed E-state index contributed by atoms with van der Waals surface area (Å²) in [7, 11) is 0. The van der Waals surface area contributed by atoms with Crippen LogP contribution in [0.5, 0.6) is 0 Å². The van der Waals surface area contributed by atoms with E-state index in [0.29, 0.717) is 19.4 Å². The lowest BCUT2D eigenvalue weighted by Crippen LogP contribution is -2.43. The zero-order valence-electron chi connectivity index (χ0n) is 10.1. The van der Waals surface area contributed by atoms with Crippen LogP contribution in [0.2, 0.25) is 0 Å². The molecule has 1 aliphatic heterocycles. The van der Waals surface area contributed by atoms with E-state index in [2.05, 4.69) is 28.6 Å². The molecule has 6 heteroatoms. The van der Waals surface area contributed by atoms with E-state index in [1.807, 2.05) is 24.3 Å². The van der Waals surface area contributed by atoms with Crippen molar-refractivity contribution < 1.29 is 14.7 Å². The number of rotatable bonds is 4.